The molecule has 3 heterocycles. The van der Waals surface area contributed by atoms with E-state index in [0.717, 1.165) is 39.9 Å². The fraction of sp³-hybridized carbons (Fsp3) is 0.448. The zero-order chi connectivity index (χ0) is 26.6. The van der Waals surface area contributed by atoms with Crippen LogP contribution in [0.4, 0.5) is 0 Å². The Kier molecular flexibility index (Phi) is 8.04. The predicted molar refractivity (Wildman–Crippen MR) is 150 cm³/mol. The van der Waals surface area contributed by atoms with E-state index in [-0.39, 0.29) is 30.9 Å². The molecule has 2 aliphatic rings. The van der Waals surface area contributed by atoms with Crippen LogP contribution in [0.3, 0.4) is 0 Å². The van der Waals surface area contributed by atoms with Crippen LogP contribution in [0.15, 0.2) is 41.8 Å². The zero-order valence-corrected chi connectivity index (χ0v) is 22.6. The highest BCUT2D eigenvalue weighted by Gasteiger charge is 2.30. The molecule has 5 rings (SSSR count). The Balaban J connectivity index is 1.52. The fourth-order valence-corrected chi connectivity index (χ4v) is 6.53. The van der Waals surface area contributed by atoms with Gasteiger partial charge in [0, 0.05) is 36.6 Å². The van der Waals surface area contributed by atoms with Crippen molar-refractivity contribution in [3.63, 3.8) is 0 Å². The molecular formula is C29H35N5O3S. The number of nitrogens with one attached hydrogen (secondary N) is 1. The maximum atomic E-state index is 14.1. The van der Waals surface area contributed by atoms with E-state index in [1.165, 1.54) is 24.2 Å². The summed E-state index contributed by atoms with van der Waals surface area (Å²) >= 11 is 1.59. The van der Waals surface area contributed by atoms with Crippen molar-refractivity contribution in [3.05, 3.63) is 52.9 Å². The molecule has 1 unspecified atom stereocenters. The Morgan fingerprint density at radius 1 is 1.13 bits per heavy atom. The summed E-state index contributed by atoms with van der Waals surface area (Å²) in [6.07, 6.45) is 5.98. The molecule has 8 nitrogen and oxygen atoms in total. The molecule has 1 saturated heterocycles. The number of nitrogens with zero attached hydrogens (tertiary/aromatic N) is 3. The van der Waals surface area contributed by atoms with Crippen LogP contribution in [0.2, 0.25) is 0 Å². The van der Waals surface area contributed by atoms with Gasteiger partial charge < -0.3 is 16.0 Å². The fourth-order valence-electron chi connectivity index (χ4n) is 5.78. The number of amides is 3. The van der Waals surface area contributed by atoms with E-state index in [9.17, 15) is 14.4 Å². The largest absolute Gasteiger partial charge is 0.368 e. The van der Waals surface area contributed by atoms with E-state index in [4.69, 9.17) is 10.7 Å². The van der Waals surface area contributed by atoms with Crippen molar-refractivity contribution in [2.45, 2.75) is 51.6 Å². The second kappa shape index (κ2) is 11.6. The lowest BCUT2D eigenvalue weighted by Gasteiger charge is -2.34. The molecule has 0 spiro atoms. The molecule has 2 fully saturated rings. The first-order chi connectivity index (χ1) is 18.4. The van der Waals surface area contributed by atoms with Crippen LogP contribution in [-0.4, -0.2) is 64.7 Å². The standard InChI is InChI=1S/C29H35N5O3S/c1-19(20-8-3-2-4-9-20)31-29(37)27-21-10-5-6-11-23(21)32-28(24-12-7-15-38-24)22(27)16-33-13-14-34(17-25(30)35)26(36)18-33/h5-7,10-12,15,19-20H,2-4,8-9,13-14,16-18H2,1H3,(H2,30,35)(H,31,37). The lowest BCUT2D eigenvalue weighted by molar-refractivity contribution is -0.139. The number of benzene rings is 1. The van der Waals surface area contributed by atoms with Gasteiger partial charge >= 0.3 is 0 Å². The van der Waals surface area contributed by atoms with Crippen molar-refractivity contribution in [2.24, 2.45) is 11.7 Å². The molecule has 2 aromatic heterocycles. The number of thiophene rings is 1. The highest BCUT2D eigenvalue weighted by molar-refractivity contribution is 7.13. The SMILES string of the molecule is CC(NC(=O)c1c(CN2CCN(CC(N)=O)C(=O)C2)c(-c2cccs2)nc2ccccc12)C1CCCCC1. The van der Waals surface area contributed by atoms with E-state index in [1.54, 1.807) is 11.3 Å². The van der Waals surface area contributed by atoms with Gasteiger partial charge in [0.2, 0.25) is 11.8 Å². The number of aromatic nitrogens is 1. The van der Waals surface area contributed by atoms with Gasteiger partial charge in [-0.25, -0.2) is 4.98 Å². The van der Waals surface area contributed by atoms with Crippen LogP contribution in [0.5, 0.6) is 0 Å². The third kappa shape index (κ3) is 5.73. The molecule has 1 aliphatic carbocycles. The number of piperazine rings is 1. The second-order valence-corrected chi connectivity index (χ2v) is 11.4. The van der Waals surface area contributed by atoms with Crippen LogP contribution in [0, 0.1) is 5.92 Å². The number of hydrogen-bond acceptors (Lipinski definition) is 6. The number of para-hydroxylation sites is 1. The molecule has 0 radical (unpaired) electrons. The van der Waals surface area contributed by atoms with Crippen LogP contribution in [0.25, 0.3) is 21.5 Å². The highest BCUT2D eigenvalue weighted by Crippen LogP contribution is 2.34. The van der Waals surface area contributed by atoms with Gasteiger partial charge in [0.05, 0.1) is 34.7 Å². The predicted octanol–water partition coefficient (Wildman–Crippen LogP) is 3.79. The second-order valence-electron chi connectivity index (χ2n) is 10.5. The van der Waals surface area contributed by atoms with E-state index in [2.05, 4.69) is 12.2 Å². The van der Waals surface area contributed by atoms with E-state index < -0.39 is 5.91 Å². The number of pyridine rings is 1. The van der Waals surface area contributed by atoms with Crippen molar-refractivity contribution in [1.82, 2.24) is 20.1 Å². The minimum Gasteiger partial charge on any atom is -0.368 e. The van der Waals surface area contributed by atoms with E-state index >= 15 is 0 Å². The zero-order valence-electron chi connectivity index (χ0n) is 21.8. The van der Waals surface area contributed by atoms with Gasteiger partial charge in [-0.15, -0.1) is 11.3 Å². The Bertz CT molecular complexity index is 1320. The minimum absolute atomic E-state index is 0.0721. The van der Waals surface area contributed by atoms with Crippen LogP contribution in [-0.2, 0) is 16.1 Å². The number of fused-ring (bicyclic) bond motifs is 1. The van der Waals surface area contributed by atoms with Gasteiger partial charge in [-0.1, -0.05) is 43.5 Å². The van der Waals surface area contributed by atoms with Gasteiger partial charge in [-0.05, 0) is 43.2 Å². The Morgan fingerprint density at radius 3 is 2.63 bits per heavy atom. The molecule has 200 valence electrons. The third-order valence-electron chi connectivity index (χ3n) is 7.82. The summed E-state index contributed by atoms with van der Waals surface area (Å²) in [6, 6.07) is 11.9. The summed E-state index contributed by atoms with van der Waals surface area (Å²) < 4.78 is 0. The Hall–Kier alpha value is -3.30. The van der Waals surface area contributed by atoms with Gasteiger partial charge in [-0.3, -0.25) is 19.3 Å². The Labute approximate surface area is 227 Å². The number of hydrogen-bond donors (Lipinski definition) is 2. The first-order valence-corrected chi connectivity index (χ1v) is 14.3. The first-order valence-electron chi connectivity index (χ1n) is 13.5. The normalized spacial score (nSPS) is 18.0. The number of carbonyl (C=O) groups excluding carboxylic acids is 3. The number of carbonyl (C=O) groups is 3. The molecule has 1 saturated carbocycles. The van der Waals surface area contributed by atoms with E-state index in [1.807, 2.05) is 46.7 Å². The van der Waals surface area contributed by atoms with Gasteiger partial charge in [0.1, 0.15) is 0 Å². The van der Waals surface area contributed by atoms with Crippen molar-refractivity contribution < 1.29 is 14.4 Å². The maximum absolute atomic E-state index is 14.1. The Morgan fingerprint density at radius 2 is 1.92 bits per heavy atom. The topological polar surface area (TPSA) is 109 Å². The highest BCUT2D eigenvalue weighted by atomic mass is 32.1. The average molecular weight is 534 g/mol. The van der Waals surface area contributed by atoms with Crippen molar-refractivity contribution in [1.29, 1.82) is 0 Å². The molecule has 1 atom stereocenters. The number of nitrogens with two attached hydrogens (primary N) is 1. The summed E-state index contributed by atoms with van der Waals surface area (Å²) in [5, 5.41) is 6.16. The van der Waals surface area contributed by atoms with E-state index in [0.29, 0.717) is 31.1 Å². The summed E-state index contributed by atoms with van der Waals surface area (Å²) in [5.41, 5.74) is 8.34. The molecular weight excluding hydrogens is 498 g/mol. The van der Waals surface area contributed by atoms with Gasteiger partial charge in [-0.2, -0.15) is 0 Å². The summed E-state index contributed by atoms with van der Waals surface area (Å²) in [7, 11) is 0. The molecule has 1 aliphatic heterocycles. The molecule has 3 N–H and O–H groups in total. The van der Waals surface area contributed by atoms with Crippen LogP contribution < -0.4 is 11.1 Å². The van der Waals surface area contributed by atoms with Crippen LogP contribution in [0.1, 0.15) is 54.9 Å². The van der Waals surface area contributed by atoms with Crippen molar-refractivity contribution >= 4 is 40.0 Å². The number of primary amides is 1. The molecule has 38 heavy (non-hydrogen) atoms. The lowest BCUT2D eigenvalue weighted by atomic mass is 9.84. The monoisotopic (exact) mass is 533 g/mol. The smallest absolute Gasteiger partial charge is 0.252 e. The van der Waals surface area contributed by atoms with Crippen molar-refractivity contribution in [3.8, 4) is 10.6 Å². The van der Waals surface area contributed by atoms with Crippen LogP contribution >= 0.6 is 11.3 Å². The summed E-state index contributed by atoms with van der Waals surface area (Å²) in [5.74, 6) is -0.264. The molecule has 3 amide bonds. The number of rotatable bonds is 8. The third-order valence-corrected chi connectivity index (χ3v) is 8.69. The summed E-state index contributed by atoms with van der Waals surface area (Å²) in [4.78, 5) is 47.7. The van der Waals surface area contributed by atoms with Gasteiger partial charge in [0.25, 0.3) is 5.91 Å². The molecule has 9 heteroatoms. The molecule has 0 bridgehead atoms. The summed E-state index contributed by atoms with van der Waals surface area (Å²) in [6.45, 7) is 3.60. The minimum atomic E-state index is -0.517. The van der Waals surface area contributed by atoms with Crippen molar-refractivity contribution in [2.75, 3.05) is 26.2 Å². The molecule has 3 aromatic rings. The first kappa shape index (κ1) is 26.3. The van der Waals surface area contributed by atoms with Gasteiger partial charge in [0.15, 0.2) is 0 Å². The maximum Gasteiger partial charge on any atom is 0.252 e. The quantitative estimate of drug-likeness (QED) is 0.458. The lowest BCUT2D eigenvalue weighted by Crippen LogP contribution is -2.52. The molecule has 1 aromatic carbocycles. The average Bonchev–Trinajstić information content (AvgIpc) is 3.45.